The van der Waals surface area contributed by atoms with Gasteiger partial charge in [0.2, 0.25) is 0 Å². The van der Waals surface area contributed by atoms with Crippen LogP contribution in [0.3, 0.4) is 0 Å². The first-order valence-electron chi connectivity index (χ1n) is 9.04. The van der Waals surface area contributed by atoms with Gasteiger partial charge in [-0.25, -0.2) is 0 Å². The predicted molar refractivity (Wildman–Crippen MR) is 109 cm³/mol. The fraction of sp³-hybridized carbons (Fsp3) is 0.381. The molecule has 0 N–H and O–H groups in total. The normalized spacial score (nSPS) is 11.8. The standard InChI is InChI=1S/C21H25N3O2S/c1-14(2)13-26-20-22-18(15-8-10-16(11-9-15)21(3,4)5)24(23-20)19(25)17-7-6-12-27-17/h6-12,14H,13H2,1-5H3. The second-order valence-electron chi connectivity index (χ2n) is 7.94. The summed E-state index contributed by atoms with van der Waals surface area (Å²) in [7, 11) is 0. The number of rotatable bonds is 5. The second kappa shape index (κ2) is 7.64. The molecule has 0 aliphatic rings. The zero-order valence-corrected chi connectivity index (χ0v) is 17.2. The molecule has 2 heterocycles. The van der Waals surface area contributed by atoms with Gasteiger partial charge < -0.3 is 4.74 Å². The lowest BCUT2D eigenvalue weighted by Gasteiger charge is -2.19. The molecule has 0 bridgehead atoms. The third-order valence-electron chi connectivity index (χ3n) is 4.07. The van der Waals surface area contributed by atoms with E-state index in [9.17, 15) is 4.79 Å². The predicted octanol–water partition coefficient (Wildman–Crippen LogP) is 5.03. The van der Waals surface area contributed by atoms with Gasteiger partial charge in [0.05, 0.1) is 11.5 Å². The van der Waals surface area contributed by atoms with Crippen molar-refractivity contribution in [2.24, 2.45) is 5.92 Å². The van der Waals surface area contributed by atoms with Crippen LogP contribution in [-0.2, 0) is 5.41 Å². The van der Waals surface area contributed by atoms with Crippen LogP contribution in [-0.4, -0.2) is 27.3 Å². The van der Waals surface area contributed by atoms with Crippen molar-refractivity contribution in [1.82, 2.24) is 14.8 Å². The Bertz CT molecular complexity index is 904. The lowest BCUT2D eigenvalue weighted by Crippen LogP contribution is -2.14. The molecule has 0 radical (unpaired) electrons. The van der Waals surface area contributed by atoms with E-state index in [1.807, 2.05) is 23.6 Å². The van der Waals surface area contributed by atoms with Crippen LogP contribution in [0.5, 0.6) is 6.01 Å². The molecule has 3 rings (SSSR count). The van der Waals surface area contributed by atoms with E-state index in [2.05, 4.69) is 56.8 Å². The minimum absolute atomic E-state index is 0.0600. The summed E-state index contributed by atoms with van der Waals surface area (Å²) >= 11 is 1.38. The monoisotopic (exact) mass is 383 g/mol. The maximum Gasteiger partial charge on any atom is 0.336 e. The first-order chi connectivity index (χ1) is 12.8. The van der Waals surface area contributed by atoms with Crippen LogP contribution < -0.4 is 4.74 Å². The summed E-state index contributed by atoms with van der Waals surface area (Å²) in [6, 6.07) is 12.0. The van der Waals surface area contributed by atoms with Gasteiger partial charge in [-0.05, 0) is 28.3 Å². The van der Waals surface area contributed by atoms with Crippen molar-refractivity contribution in [3.63, 3.8) is 0 Å². The number of hydrogen-bond donors (Lipinski definition) is 0. The summed E-state index contributed by atoms with van der Waals surface area (Å²) in [5.74, 6) is 0.638. The average Bonchev–Trinajstić information content (AvgIpc) is 3.29. The van der Waals surface area contributed by atoms with Crippen molar-refractivity contribution in [1.29, 1.82) is 0 Å². The van der Waals surface area contributed by atoms with Gasteiger partial charge in [0.15, 0.2) is 5.82 Å². The van der Waals surface area contributed by atoms with Gasteiger partial charge in [-0.2, -0.15) is 9.67 Å². The Balaban J connectivity index is 2.00. The van der Waals surface area contributed by atoms with Gasteiger partial charge in [-0.1, -0.05) is 65.0 Å². The van der Waals surface area contributed by atoms with Crippen LogP contribution in [0, 0.1) is 5.92 Å². The lowest BCUT2D eigenvalue weighted by atomic mass is 9.87. The maximum atomic E-state index is 12.9. The van der Waals surface area contributed by atoms with Gasteiger partial charge in [-0.3, -0.25) is 4.79 Å². The molecule has 0 aliphatic heterocycles. The molecule has 142 valence electrons. The highest BCUT2D eigenvalue weighted by Gasteiger charge is 2.21. The van der Waals surface area contributed by atoms with E-state index >= 15 is 0 Å². The minimum Gasteiger partial charge on any atom is -0.462 e. The summed E-state index contributed by atoms with van der Waals surface area (Å²) < 4.78 is 7.00. The van der Waals surface area contributed by atoms with Crippen molar-refractivity contribution in [2.75, 3.05) is 6.61 Å². The van der Waals surface area contributed by atoms with Crippen LogP contribution in [0.25, 0.3) is 11.4 Å². The highest BCUT2D eigenvalue weighted by molar-refractivity contribution is 7.12. The summed E-state index contributed by atoms with van der Waals surface area (Å²) in [5.41, 5.74) is 2.11. The number of carbonyl (C=O) groups excluding carboxylic acids is 1. The maximum absolute atomic E-state index is 12.9. The van der Waals surface area contributed by atoms with E-state index in [1.165, 1.54) is 21.6 Å². The van der Waals surface area contributed by atoms with E-state index in [1.54, 1.807) is 6.07 Å². The van der Waals surface area contributed by atoms with Gasteiger partial charge >= 0.3 is 6.01 Å². The Labute approximate surface area is 164 Å². The Kier molecular flexibility index (Phi) is 5.46. The molecule has 27 heavy (non-hydrogen) atoms. The molecule has 0 saturated heterocycles. The van der Waals surface area contributed by atoms with E-state index < -0.39 is 0 Å². The third-order valence-corrected chi connectivity index (χ3v) is 4.92. The van der Waals surface area contributed by atoms with Crippen LogP contribution in [0.1, 0.15) is 49.9 Å². The summed E-state index contributed by atoms with van der Waals surface area (Å²) in [6.45, 7) is 11.1. The average molecular weight is 384 g/mol. The fourth-order valence-corrected chi connectivity index (χ4v) is 3.20. The number of nitrogens with zero attached hydrogens (tertiary/aromatic N) is 3. The number of aromatic nitrogens is 3. The van der Waals surface area contributed by atoms with E-state index in [0.29, 0.717) is 23.2 Å². The number of hydrogen-bond acceptors (Lipinski definition) is 5. The van der Waals surface area contributed by atoms with Crippen molar-refractivity contribution >= 4 is 17.2 Å². The van der Waals surface area contributed by atoms with E-state index in [4.69, 9.17) is 4.74 Å². The molecule has 0 spiro atoms. The van der Waals surface area contributed by atoms with Crippen LogP contribution in [0.15, 0.2) is 41.8 Å². The third kappa shape index (κ3) is 4.45. The van der Waals surface area contributed by atoms with Crippen LogP contribution >= 0.6 is 11.3 Å². The van der Waals surface area contributed by atoms with Gasteiger partial charge in [0.25, 0.3) is 5.91 Å². The van der Waals surface area contributed by atoms with Crippen molar-refractivity contribution in [3.8, 4) is 17.4 Å². The lowest BCUT2D eigenvalue weighted by molar-refractivity contribution is 0.0948. The highest BCUT2D eigenvalue weighted by atomic mass is 32.1. The molecule has 3 aromatic rings. The molecule has 2 aromatic heterocycles. The van der Waals surface area contributed by atoms with Gasteiger partial charge in [0, 0.05) is 5.56 Å². The SMILES string of the molecule is CC(C)COc1nc(-c2ccc(C(C)(C)C)cc2)n(C(=O)c2cccs2)n1. The molecule has 0 unspecified atom stereocenters. The molecular formula is C21H25N3O2S. The molecule has 6 heteroatoms. The molecular weight excluding hydrogens is 358 g/mol. The Morgan fingerprint density at radius 2 is 1.89 bits per heavy atom. The number of carbonyl (C=O) groups is 1. The molecule has 0 amide bonds. The number of thiophene rings is 1. The van der Waals surface area contributed by atoms with E-state index in [-0.39, 0.29) is 17.3 Å². The highest BCUT2D eigenvalue weighted by Crippen LogP contribution is 2.27. The number of benzene rings is 1. The largest absolute Gasteiger partial charge is 0.462 e. The van der Waals surface area contributed by atoms with Crippen LogP contribution in [0.4, 0.5) is 0 Å². The first kappa shape index (κ1) is 19.3. The quantitative estimate of drug-likeness (QED) is 0.620. The Morgan fingerprint density at radius 3 is 2.44 bits per heavy atom. The number of ether oxygens (including phenoxy) is 1. The van der Waals surface area contributed by atoms with Crippen molar-refractivity contribution < 1.29 is 9.53 Å². The van der Waals surface area contributed by atoms with Gasteiger partial charge in [0.1, 0.15) is 0 Å². The minimum atomic E-state index is -0.202. The summed E-state index contributed by atoms with van der Waals surface area (Å²) in [4.78, 5) is 18.0. The van der Waals surface area contributed by atoms with Gasteiger partial charge in [-0.15, -0.1) is 16.4 Å². The Hall–Kier alpha value is -2.47. The summed E-state index contributed by atoms with van der Waals surface area (Å²) in [6.07, 6.45) is 0. The van der Waals surface area contributed by atoms with Crippen LogP contribution in [0.2, 0.25) is 0 Å². The molecule has 0 saturated carbocycles. The molecule has 5 nitrogen and oxygen atoms in total. The Morgan fingerprint density at radius 1 is 1.19 bits per heavy atom. The topological polar surface area (TPSA) is 57.0 Å². The van der Waals surface area contributed by atoms with Crippen molar-refractivity contribution in [2.45, 2.75) is 40.0 Å². The second-order valence-corrected chi connectivity index (χ2v) is 8.89. The van der Waals surface area contributed by atoms with Crippen molar-refractivity contribution in [3.05, 3.63) is 52.2 Å². The molecule has 0 fully saturated rings. The summed E-state index contributed by atoms with van der Waals surface area (Å²) in [5, 5.41) is 6.20. The fourth-order valence-electron chi connectivity index (χ4n) is 2.55. The smallest absolute Gasteiger partial charge is 0.336 e. The first-order valence-corrected chi connectivity index (χ1v) is 9.92. The van der Waals surface area contributed by atoms with E-state index in [0.717, 1.165) is 5.56 Å². The molecule has 0 aliphatic carbocycles. The zero-order chi connectivity index (χ0) is 19.6. The zero-order valence-electron chi connectivity index (χ0n) is 16.4. The molecule has 1 aromatic carbocycles. The molecule has 0 atom stereocenters.